The van der Waals surface area contributed by atoms with Crippen molar-refractivity contribution >= 4 is 46.3 Å². The van der Waals surface area contributed by atoms with Gasteiger partial charge in [-0.05, 0) is 31.2 Å². The number of nitrogens with one attached hydrogen (secondary N) is 1. The summed E-state index contributed by atoms with van der Waals surface area (Å²) in [5.74, 6) is 0.902. The fraction of sp³-hybridized carbons (Fsp3) is 0.273. The largest absolute Gasteiger partial charge is 0.378 e. The molecule has 0 aromatic carbocycles. The molecule has 0 unspecified atom stereocenters. The summed E-state index contributed by atoms with van der Waals surface area (Å²) < 4.78 is 7.18. The Bertz CT molecular complexity index is 1290. The number of aryl methyl sites for hydroxylation is 1. The average Bonchev–Trinajstić information content (AvgIpc) is 3.46. The number of rotatable bonds is 7. The summed E-state index contributed by atoms with van der Waals surface area (Å²) in [7, 11) is 0. The molecule has 0 bridgehead atoms. The monoisotopic (exact) mass is 462 g/mol. The number of aromatic nitrogens is 5. The van der Waals surface area contributed by atoms with E-state index >= 15 is 0 Å². The summed E-state index contributed by atoms with van der Waals surface area (Å²) >= 11 is 1.65. The van der Waals surface area contributed by atoms with Crippen molar-refractivity contribution in [1.29, 1.82) is 0 Å². The molecule has 1 fully saturated rings. The number of imidazole rings is 1. The minimum atomic E-state index is -0.123. The van der Waals surface area contributed by atoms with E-state index in [-0.39, 0.29) is 12.3 Å². The van der Waals surface area contributed by atoms with Crippen molar-refractivity contribution in [2.75, 3.05) is 36.6 Å². The highest BCUT2D eigenvalue weighted by molar-refractivity contribution is 7.13. The second-order valence-corrected chi connectivity index (χ2v) is 8.79. The predicted octanol–water partition coefficient (Wildman–Crippen LogP) is 2.76. The number of nitrogens with zero attached hydrogens (tertiary/aromatic N) is 7. The Morgan fingerprint density at radius 2 is 2.09 bits per heavy atom. The molecular weight excluding hydrogens is 440 g/mol. The lowest BCUT2D eigenvalue weighted by Crippen LogP contribution is -2.37. The van der Waals surface area contributed by atoms with Gasteiger partial charge < -0.3 is 14.2 Å². The third-order valence-corrected chi connectivity index (χ3v) is 6.07. The number of thiophene rings is 1. The highest BCUT2D eigenvalue weighted by atomic mass is 32.1. The number of ether oxygens (including phenoxy) is 1. The van der Waals surface area contributed by atoms with E-state index in [9.17, 15) is 4.79 Å². The molecule has 0 amide bonds. The van der Waals surface area contributed by atoms with E-state index in [1.165, 1.54) is 4.88 Å². The standard InChI is InChI=1S/C22H22N8O2S/c1-15-5-6-16(33-15)12-25-28-20-19-21(27-22(26-20)29-8-10-32-11-9-29)30(14-24-19)13-18(31)17-4-2-3-7-23-17/h2-7,12,14H,8-11,13H2,1H3,(H,26,27,28). The van der Waals surface area contributed by atoms with Crippen LogP contribution in [0.2, 0.25) is 0 Å². The Labute approximate surface area is 194 Å². The Morgan fingerprint density at radius 3 is 2.85 bits per heavy atom. The fourth-order valence-electron chi connectivity index (χ4n) is 3.47. The van der Waals surface area contributed by atoms with Gasteiger partial charge in [-0.3, -0.25) is 15.2 Å². The van der Waals surface area contributed by atoms with E-state index < -0.39 is 0 Å². The third-order valence-electron chi connectivity index (χ3n) is 5.13. The van der Waals surface area contributed by atoms with Gasteiger partial charge >= 0.3 is 0 Å². The molecule has 11 heteroatoms. The maximum Gasteiger partial charge on any atom is 0.229 e. The first-order valence-corrected chi connectivity index (χ1v) is 11.3. The van der Waals surface area contributed by atoms with Crippen molar-refractivity contribution in [3.8, 4) is 0 Å². The molecule has 0 saturated carbocycles. The number of ketones is 1. The zero-order valence-corrected chi connectivity index (χ0v) is 18.8. The topological polar surface area (TPSA) is 110 Å². The molecule has 1 aliphatic heterocycles. The van der Waals surface area contributed by atoms with Gasteiger partial charge in [-0.15, -0.1) is 11.3 Å². The van der Waals surface area contributed by atoms with E-state index in [0.29, 0.717) is 54.9 Å². The van der Waals surface area contributed by atoms with Gasteiger partial charge in [-0.1, -0.05) is 6.07 Å². The number of fused-ring (bicyclic) bond motifs is 1. The van der Waals surface area contributed by atoms with Gasteiger partial charge in [0.05, 0.1) is 32.3 Å². The first-order chi connectivity index (χ1) is 16.2. The second kappa shape index (κ2) is 9.43. The van der Waals surface area contributed by atoms with Gasteiger partial charge in [-0.2, -0.15) is 15.1 Å². The fourth-order valence-corrected chi connectivity index (χ4v) is 4.22. The van der Waals surface area contributed by atoms with Crippen molar-refractivity contribution < 1.29 is 9.53 Å². The normalized spacial score (nSPS) is 14.3. The van der Waals surface area contributed by atoms with E-state index in [1.807, 2.05) is 12.1 Å². The van der Waals surface area contributed by atoms with E-state index in [4.69, 9.17) is 9.72 Å². The maximum atomic E-state index is 12.7. The van der Waals surface area contributed by atoms with Gasteiger partial charge in [0.25, 0.3) is 0 Å². The molecule has 4 aromatic heterocycles. The molecule has 4 aromatic rings. The van der Waals surface area contributed by atoms with Crippen LogP contribution in [-0.4, -0.2) is 62.8 Å². The molecule has 0 aliphatic carbocycles. The summed E-state index contributed by atoms with van der Waals surface area (Å²) in [6.45, 7) is 4.71. The second-order valence-electron chi connectivity index (χ2n) is 7.47. The minimum Gasteiger partial charge on any atom is -0.378 e. The van der Waals surface area contributed by atoms with Crippen LogP contribution in [0.1, 0.15) is 20.2 Å². The highest BCUT2D eigenvalue weighted by Crippen LogP contribution is 2.24. The summed E-state index contributed by atoms with van der Waals surface area (Å²) in [5.41, 5.74) is 4.51. The van der Waals surface area contributed by atoms with Crippen molar-refractivity contribution in [1.82, 2.24) is 24.5 Å². The Morgan fingerprint density at radius 1 is 1.21 bits per heavy atom. The molecule has 10 nitrogen and oxygen atoms in total. The number of pyridine rings is 1. The summed E-state index contributed by atoms with van der Waals surface area (Å²) in [5, 5.41) is 4.36. The highest BCUT2D eigenvalue weighted by Gasteiger charge is 2.20. The first-order valence-electron chi connectivity index (χ1n) is 10.5. The van der Waals surface area contributed by atoms with Crippen LogP contribution in [0.25, 0.3) is 11.2 Å². The molecule has 1 saturated heterocycles. The van der Waals surface area contributed by atoms with Crippen molar-refractivity contribution in [2.45, 2.75) is 13.5 Å². The molecule has 0 atom stereocenters. The molecule has 0 radical (unpaired) electrons. The lowest BCUT2D eigenvalue weighted by Gasteiger charge is -2.27. The van der Waals surface area contributed by atoms with Gasteiger partial charge in [0.15, 0.2) is 17.0 Å². The molecule has 168 valence electrons. The van der Waals surface area contributed by atoms with Gasteiger partial charge in [0.1, 0.15) is 5.69 Å². The van der Waals surface area contributed by atoms with Crippen LogP contribution in [0, 0.1) is 6.92 Å². The number of carbonyl (C=O) groups excluding carboxylic acids is 1. The smallest absolute Gasteiger partial charge is 0.229 e. The third kappa shape index (κ3) is 4.73. The van der Waals surface area contributed by atoms with Crippen LogP contribution in [0.15, 0.2) is 48.0 Å². The van der Waals surface area contributed by atoms with Crippen LogP contribution in [0.3, 0.4) is 0 Å². The van der Waals surface area contributed by atoms with Crippen molar-refractivity contribution in [3.05, 3.63) is 58.3 Å². The van der Waals surface area contributed by atoms with Crippen molar-refractivity contribution in [2.24, 2.45) is 5.10 Å². The van der Waals surface area contributed by atoms with Crippen LogP contribution < -0.4 is 10.3 Å². The van der Waals surface area contributed by atoms with Gasteiger partial charge in [0, 0.05) is 29.0 Å². The Hall–Kier alpha value is -3.70. The van der Waals surface area contributed by atoms with Crippen LogP contribution >= 0.6 is 11.3 Å². The van der Waals surface area contributed by atoms with E-state index in [1.54, 1.807) is 52.8 Å². The summed E-state index contributed by atoms with van der Waals surface area (Å²) in [6, 6.07) is 9.33. The van der Waals surface area contributed by atoms with Gasteiger partial charge in [0.2, 0.25) is 11.7 Å². The number of carbonyl (C=O) groups is 1. The molecule has 5 heterocycles. The lowest BCUT2D eigenvalue weighted by atomic mass is 10.2. The minimum absolute atomic E-state index is 0.0737. The maximum absolute atomic E-state index is 12.7. The number of Topliss-reactive ketones (excluding diaryl/α,β-unsaturated/α-hetero) is 1. The lowest BCUT2D eigenvalue weighted by molar-refractivity contribution is 0.0968. The first kappa shape index (κ1) is 21.2. The number of anilines is 2. The van der Waals surface area contributed by atoms with Crippen LogP contribution in [-0.2, 0) is 11.3 Å². The number of hydrogen-bond acceptors (Lipinski definition) is 10. The van der Waals surface area contributed by atoms with E-state index in [2.05, 4.69) is 37.3 Å². The summed E-state index contributed by atoms with van der Waals surface area (Å²) in [4.78, 5) is 35.1. The quantitative estimate of drug-likeness (QED) is 0.254. The molecule has 1 aliphatic rings. The molecule has 33 heavy (non-hydrogen) atoms. The zero-order chi connectivity index (χ0) is 22.6. The molecule has 0 spiro atoms. The Kier molecular flexibility index (Phi) is 6.05. The SMILES string of the molecule is Cc1ccc(C=NNc2nc(N3CCOCC3)nc3c2ncn3CC(=O)c2ccccn2)s1. The number of hydrazone groups is 1. The molecule has 5 rings (SSSR count). The molecule has 1 N–H and O–H groups in total. The number of hydrogen-bond donors (Lipinski definition) is 1. The number of morpholine rings is 1. The zero-order valence-electron chi connectivity index (χ0n) is 18.0. The van der Waals surface area contributed by atoms with Gasteiger partial charge in [-0.25, -0.2) is 4.98 Å². The van der Waals surface area contributed by atoms with Crippen molar-refractivity contribution in [3.63, 3.8) is 0 Å². The van der Waals surface area contributed by atoms with E-state index in [0.717, 1.165) is 4.88 Å². The Balaban J connectivity index is 1.48. The van der Waals surface area contributed by atoms with Crippen LogP contribution in [0.5, 0.6) is 0 Å². The summed E-state index contributed by atoms with van der Waals surface area (Å²) in [6.07, 6.45) is 4.95. The predicted molar refractivity (Wildman–Crippen MR) is 127 cm³/mol. The average molecular weight is 463 g/mol. The molecular formula is C22H22N8O2S. The van der Waals surface area contributed by atoms with Crippen LogP contribution in [0.4, 0.5) is 11.8 Å².